The summed E-state index contributed by atoms with van der Waals surface area (Å²) in [6.07, 6.45) is 1.46. The topological polar surface area (TPSA) is 75.4 Å². The van der Waals surface area contributed by atoms with Crippen molar-refractivity contribution in [2.75, 3.05) is 25.0 Å². The zero-order chi connectivity index (χ0) is 20.1. The summed E-state index contributed by atoms with van der Waals surface area (Å²) in [6.45, 7) is 6.03. The standard InChI is InChI=1S/C22H27N3O2S/c1-15-3-6-20(13-16(15)2)28-19-7-4-18(5-8-19)24-21(26)14-25-11-9-17(10-12-25)22(23)27/h3-8,13,17H,9-12,14H2,1-2H3,(H2,23,27)(H,24,26). The van der Waals surface area contributed by atoms with Gasteiger partial charge in [-0.05, 0) is 87.3 Å². The van der Waals surface area contributed by atoms with Crippen molar-refractivity contribution in [3.05, 3.63) is 53.6 Å². The highest BCUT2D eigenvalue weighted by Crippen LogP contribution is 2.29. The Hall–Kier alpha value is -2.31. The predicted octanol–water partition coefficient (Wildman–Crippen LogP) is 3.59. The highest BCUT2D eigenvalue weighted by molar-refractivity contribution is 7.99. The summed E-state index contributed by atoms with van der Waals surface area (Å²) in [6, 6.07) is 14.4. The van der Waals surface area contributed by atoms with Crippen LogP contribution in [0.25, 0.3) is 0 Å². The van der Waals surface area contributed by atoms with Gasteiger partial charge in [-0.25, -0.2) is 0 Å². The molecule has 2 amide bonds. The van der Waals surface area contributed by atoms with Crippen molar-refractivity contribution in [1.29, 1.82) is 0 Å². The molecule has 0 atom stereocenters. The van der Waals surface area contributed by atoms with E-state index in [-0.39, 0.29) is 17.7 Å². The molecule has 148 valence electrons. The first-order chi connectivity index (χ1) is 13.4. The molecule has 0 radical (unpaired) electrons. The van der Waals surface area contributed by atoms with Gasteiger partial charge in [-0.3, -0.25) is 14.5 Å². The van der Waals surface area contributed by atoms with Gasteiger partial charge in [0.15, 0.2) is 0 Å². The Bertz CT molecular complexity index is 843. The van der Waals surface area contributed by atoms with Crippen LogP contribution in [0.4, 0.5) is 5.69 Å². The van der Waals surface area contributed by atoms with Crippen LogP contribution >= 0.6 is 11.8 Å². The molecule has 3 N–H and O–H groups in total. The molecule has 1 saturated heterocycles. The van der Waals surface area contributed by atoms with Crippen LogP contribution < -0.4 is 11.1 Å². The third kappa shape index (κ3) is 5.59. The number of nitrogens with one attached hydrogen (secondary N) is 1. The number of nitrogens with zero attached hydrogens (tertiary/aromatic N) is 1. The van der Waals surface area contributed by atoms with Crippen LogP contribution in [0, 0.1) is 19.8 Å². The van der Waals surface area contributed by atoms with E-state index in [9.17, 15) is 9.59 Å². The molecule has 0 aliphatic carbocycles. The van der Waals surface area contributed by atoms with E-state index >= 15 is 0 Å². The summed E-state index contributed by atoms with van der Waals surface area (Å²) in [5, 5.41) is 2.95. The smallest absolute Gasteiger partial charge is 0.238 e. The second-order valence-electron chi connectivity index (χ2n) is 7.37. The fourth-order valence-corrected chi connectivity index (χ4v) is 4.22. The molecule has 0 spiro atoms. The maximum absolute atomic E-state index is 12.3. The van der Waals surface area contributed by atoms with Crippen molar-refractivity contribution >= 4 is 29.3 Å². The zero-order valence-electron chi connectivity index (χ0n) is 16.4. The summed E-state index contributed by atoms with van der Waals surface area (Å²) in [4.78, 5) is 27.9. The Morgan fingerprint density at radius 1 is 1.04 bits per heavy atom. The van der Waals surface area contributed by atoms with Gasteiger partial charge in [-0.1, -0.05) is 17.8 Å². The summed E-state index contributed by atoms with van der Waals surface area (Å²) in [7, 11) is 0. The lowest BCUT2D eigenvalue weighted by atomic mass is 9.96. The Morgan fingerprint density at radius 2 is 1.68 bits per heavy atom. The number of primary amides is 1. The van der Waals surface area contributed by atoms with Gasteiger partial charge in [0.2, 0.25) is 11.8 Å². The first-order valence-electron chi connectivity index (χ1n) is 9.57. The number of amides is 2. The van der Waals surface area contributed by atoms with Crippen LogP contribution in [-0.4, -0.2) is 36.3 Å². The van der Waals surface area contributed by atoms with E-state index in [0.29, 0.717) is 6.54 Å². The van der Waals surface area contributed by atoms with Crippen molar-refractivity contribution in [3.8, 4) is 0 Å². The quantitative estimate of drug-likeness (QED) is 0.781. The fourth-order valence-electron chi connectivity index (χ4n) is 3.30. The van der Waals surface area contributed by atoms with Crippen LogP contribution in [0.15, 0.2) is 52.3 Å². The van der Waals surface area contributed by atoms with E-state index in [1.165, 1.54) is 16.0 Å². The van der Waals surface area contributed by atoms with Crippen molar-refractivity contribution in [2.45, 2.75) is 36.5 Å². The Kier molecular flexibility index (Phi) is 6.75. The Labute approximate surface area is 170 Å². The van der Waals surface area contributed by atoms with Crippen molar-refractivity contribution in [1.82, 2.24) is 4.90 Å². The van der Waals surface area contributed by atoms with Crippen LogP contribution in [0.1, 0.15) is 24.0 Å². The molecule has 2 aromatic carbocycles. The van der Waals surface area contributed by atoms with Gasteiger partial charge < -0.3 is 11.1 Å². The number of aryl methyl sites for hydroxylation is 2. The van der Waals surface area contributed by atoms with Crippen LogP contribution in [-0.2, 0) is 9.59 Å². The van der Waals surface area contributed by atoms with Crippen molar-refractivity contribution in [3.63, 3.8) is 0 Å². The number of anilines is 1. The van der Waals surface area contributed by atoms with E-state index in [0.717, 1.165) is 36.5 Å². The average molecular weight is 398 g/mol. The van der Waals surface area contributed by atoms with Gasteiger partial charge in [0.1, 0.15) is 0 Å². The van der Waals surface area contributed by atoms with Crippen molar-refractivity contribution in [2.24, 2.45) is 11.7 Å². The number of carbonyl (C=O) groups is 2. The Balaban J connectivity index is 1.49. The normalized spacial score (nSPS) is 15.4. The van der Waals surface area contributed by atoms with Gasteiger partial charge in [0.05, 0.1) is 6.54 Å². The number of piperidine rings is 1. The van der Waals surface area contributed by atoms with E-state index in [1.54, 1.807) is 11.8 Å². The van der Waals surface area contributed by atoms with E-state index in [1.807, 2.05) is 24.3 Å². The largest absolute Gasteiger partial charge is 0.369 e. The predicted molar refractivity (Wildman–Crippen MR) is 113 cm³/mol. The molecule has 0 unspecified atom stereocenters. The lowest BCUT2D eigenvalue weighted by Crippen LogP contribution is -2.42. The molecule has 6 heteroatoms. The lowest BCUT2D eigenvalue weighted by Gasteiger charge is -2.29. The molecule has 1 aliphatic rings. The molecule has 3 rings (SSSR count). The molecule has 1 heterocycles. The number of hydrogen-bond donors (Lipinski definition) is 2. The lowest BCUT2D eigenvalue weighted by molar-refractivity contribution is -0.123. The fraction of sp³-hybridized carbons (Fsp3) is 0.364. The minimum absolute atomic E-state index is 0.0351. The molecule has 0 bridgehead atoms. The van der Waals surface area contributed by atoms with Gasteiger partial charge >= 0.3 is 0 Å². The molecule has 5 nitrogen and oxygen atoms in total. The molecular weight excluding hydrogens is 370 g/mol. The SMILES string of the molecule is Cc1ccc(Sc2ccc(NC(=O)CN3CCC(C(N)=O)CC3)cc2)cc1C. The summed E-state index contributed by atoms with van der Waals surface area (Å²) >= 11 is 1.71. The third-order valence-corrected chi connectivity index (χ3v) is 6.21. The number of benzene rings is 2. The minimum Gasteiger partial charge on any atom is -0.369 e. The summed E-state index contributed by atoms with van der Waals surface area (Å²) in [5.74, 6) is -0.323. The number of likely N-dealkylation sites (tertiary alicyclic amines) is 1. The summed E-state index contributed by atoms with van der Waals surface area (Å²) in [5.41, 5.74) is 8.72. The second kappa shape index (κ2) is 9.26. The molecule has 1 fully saturated rings. The van der Waals surface area contributed by atoms with Gasteiger partial charge in [0, 0.05) is 21.4 Å². The molecule has 0 aromatic heterocycles. The maximum Gasteiger partial charge on any atom is 0.238 e. The Morgan fingerprint density at radius 3 is 2.29 bits per heavy atom. The van der Waals surface area contributed by atoms with Gasteiger partial charge in [0.25, 0.3) is 0 Å². The number of hydrogen-bond acceptors (Lipinski definition) is 4. The van der Waals surface area contributed by atoms with E-state index in [2.05, 4.69) is 42.3 Å². The van der Waals surface area contributed by atoms with E-state index in [4.69, 9.17) is 5.73 Å². The molecule has 1 aliphatic heterocycles. The number of nitrogens with two attached hydrogens (primary N) is 1. The minimum atomic E-state index is -0.233. The van der Waals surface area contributed by atoms with E-state index < -0.39 is 0 Å². The highest BCUT2D eigenvalue weighted by atomic mass is 32.2. The number of carbonyl (C=O) groups excluding carboxylic acids is 2. The van der Waals surface area contributed by atoms with Crippen LogP contribution in [0.3, 0.4) is 0 Å². The summed E-state index contributed by atoms with van der Waals surface area (Å²) < 4.78 is 0. The second-order valence-corrected chi connectivity index (χ2v) is 8.52. The first kappa shape index (κ1) is 20.4. The molecule has 28 heavy (non-hydrogen) atoms. The molecule has 2 aromatic rings. The van der Waals surface area contributed by atoms with Crippen molar-refractivity contribution < 1.29 is 9.59 Å². The van der Waals surface area contributed by atoms with Crippen LogP contribution in [0.2, 0.25) is 0 Å². The highest BCUT2D eigenvalue weighted by Gasteiger charge is 2.24. The first-order valence-corrected chi connectivity index (χ1v) is 10.4. The third-order valence-electron chi connectivity index (χ3n) is 5.21. The number of rotatable bonds is 6. The van der Waals surface area contributed by atoms with Gasteiger partial charge in [-0.15, -0.1) is 0 Å². The van der Waals surface area contributed by atoms with Crippen LogP contribution in [0.5, 0.6) is 0 Å². The van der Waals surface area contributed by atoms with Gasteiger partial charge in [-0.2, -0.15) is 0 Å². The average Bonchev–Trinajstić information content (AvgIpc) is 2.67. The monoisotopic (exact) mass is 397 g/mol. The molecular formula is C22H27N3O2S. The maximum atomic E-state index is 12.3. The molecule has 0 saturated carbocycles. The zero-order valence-corrected chi connectivity index (χ0v) is 17.2.